The van der Waals surface area contributed by atoms with Gasteiger partial charge in [0.15, 0.2) is 0 Å². The van der Waals surface area contributed by atoms with Crippen LogP contribution in [-0.2, 0) is 9.53 Å². The molecule has 0 aliphatic heterocycles. The minimum Gasteiger partial charge on any atom is -0.496 e. The lowest BCUT2D eigenvalue weighted by atomic mass is 9.99. The number of carbonyl (C=O) groups excluding carboxylic acids is 1. The number of hydrogen-bond donors (Lipinski definition) is 1. The van der Waals surface area contributed by atoms with Gasteiger partial charge < -0.3 is 15.2 Å². The summed E-state index contributed by atoms with van der Waals surface area (Å²) >= 11 is 0. The maximum Gasteiger partial charge on any atom is 0.307 e. The van der Waals surface area contributed by atoms with Gasteiger partial charge in [0.25, 0.3) is 0 Å². The van der Waals surface area contributed by atoms with Crippen LogP contribution in [0.3, 0.4) is 0 Å². The molecule has 0 amide bonds. The van der Waals surface area contributed by atoms with Crippen molar-refractivity contribution in [2.45, 2.75) is 12.5 Å². The molecule has 4 nitrogen and oxygen atoms in total. The predicted molar refractivity (Wildman–Crippen MR) is 89.2 cm³/mol. The van der Waals surface area contributed by atoms with E-state index in [2.05, 4.69) is 4.74 Å². The van der Waals surface area contributed by atoms with Gasteiger partial charge in [-0.1, -0.05) is 42.5 Å². The Morgan fingerprint density at radius 2 is 1.73 bits per heavy atom. The van der Waals surface area contributed by atoms with Gasteiger partial charge in [0.05, 0.1) is 20.6 Å². The second-order valence-corrected chi connectivity index (χ2v) is 4.71. The third-order valence-electron chi connectivity index (χ3n) is 3.37. The number of nitrogens with two attached hydrogens (primary N) is 1. The largest absolute Gasteiger partial charge is 0.496 e. The zero-order valence-corrected chi connectivity index (χ0v) is 13.4. The first-order valence-corrected chi connectivity index (χ1v) is 6.71. The van der Waals surface area contributed by atoms with Crippen molar-refractivity contribution in [2.75, 3.05) is 14.2 Å². The number of halogens is 1. The van der Waals surface area contributed by atoms with Crippen LogP contribution in [-0.4, -0.2) is 20.2 Å². The van der Waals surface area contributed by atoms with E-state index in [9.17, 15) is 4.79 Å². The number of carbonyl (C=O) groups is 1. The quantitative estimate of drug-likeness (QED) is 0.858. The highest BCUT2D eigenvalue weighted by molar-refractivity contribution is 5.85. The Balaban J connectivity index is 0.00000242. The molecule has 0 fully saturated rings. The van der Waals surface area contributed by atoms with Gasteiger partial charge >= 0.3 is 5.97 Å². The molecule has 2 aromatic rings. The first-order valence-electron chi connectivity index (χ1n) is 6.71. The van der Waals surface area contributed by atoms with E-state index in [-0.39, 0.29) is 30.8 Å². The van der Waals surface area contributed by atoms with E-state index in [1.54, 1.807) is 7.11 Å². The molecule has 22 heavy (non-hydrogen) atoms. The lowest BCUT2D eigenvalue weighted by molar-refractivity contribution is -0.141. The van der Waals surface area contributed by atoms with Gasteiger partial charge in [-0.25, -0.2) is 0 Å². The number of ether oxygens (including phenoxy) is 2. The van der Waals surface area contributed by atoms with E-state index in [1.807, 2.05) is 48.5 Å². The molecular formula is C17H20ClNO3. The maximum absolute atomic E-state index is 11.2. The van der Waals surface area contributed by atoms with E-state index in [0.717, 1.165) is 22.4 Å². The summed E-state index contributed by atoms with van der Waals surface area (Å²) in [6.07, 6.45) is 0.171. The Kier molecular flexibility index (Phi) is 6.89. The Morgan fingerprint density at radius 3 is 2.32 bits per heavy atom. The van der Waals surface area contributed by atoms with Crippen molar-refractivity contribution < 1.29 is 14.3 Å². The van der Waals surface area contributed by atoms with Crippen molar-refractivity contribution in [3.63, 3.8) is 0 Å². The van der Waals surface area contributed by atoms with Crippen LogP contribution in [0.1, 0.15) is 18.0 Å². The molecule has 2 aromatic carbocycles. The zero-order valence-electron chi connectivity index (χ0n) is 12.6. The molecule has 0 saturated heterocycles. The molecule has 0 unspecified atom stereocenters. The van der Waals surface area contributed by atoms with Gasteiger partial charge in [0, 0.05) is 11.6 Å². The minimum atomic E-state index is -0.357. The number of esters is 1. The summed E-state index contributed by atoms with van der Waals surface area (Å²) in [6, 6.07) is 15.3. The van der Waals surface area contributed by atoms with E-state index in [1.165, 1.54) is 7.11 Å². The zero-order chi connectivity index (χ0) is 15.2. The molecule has 0 aromatic heterocycles. The highest BCUT2D eigenvalue weighted by Gasteiger charge is 2.12. The summed E-state index contributed by atoms with van der Waals surface area (Å²) < 4.78 is 9.99. The molecule has 1 atom stereocenters. The van der Waals surface area contributed by atoms with Gasteiger partial charge in [-0.2, -0.15) is 0 Å². The summed E-state index contributed by atoms with van der Waals surface area (Å²) in [5.41, 5.74) is 8.96. The van der Waals surface area contributed by atoms with E-state index in [4.69, 9.17) is 10.5 Å². The van der Waals surface area contributed by atoms with Crippen molar-refractivity contribution in [1.29, 1.82) is 0 Å². The van der Waals surface area contributed by atoms with Crippen molar-refractivity contribution in [3.8, 4) is 16.9 Å². The molecule has 5 heteroatoms. The Labute approximate surface area is 136 Å². The van der Waals surface area contributed by atoms with Crippen molar-refractivity contribution in [1.82, 2.24) is 0 Å². The minimum absolute atomic E-state index is 0. The second-order valence-electron chi connectivity index (χ2n) is 4.71. The first kappa shape index (κ1) is 18.0. The van der Waals surface area contributed by atoms with Gasteiger partial charge in [-0.05, 0) is 17.2 Å². The molecule has 0 aliphatic rings. The first-order chi connectivity index (χ1) is 10.2. The SMILES string of the molecule is COC(=O)C[C@@H](N)c1ccc(-c2ccccc2OC)cc1.Cl. The Morgan fingerprint density at radius 1 is 1.09 bits per heavy atom. The molecule has 0 saturated carbocycles. The maximum atomic E-state index is 11.2. The fourth-order valence-corrected chi connectivity index (χ4v) is 2.17. The summed E-state index contributed by atoms with van der Waals surface area (Å²) in [7, 11) is 3.01. The lowest BCUT2D eigenvalue weighted by Crippen LogP contribution is -2.16. The molecule has 2 N–H and O–H groups in total. The predicted octanol–water partition coefficient (Wildman–Crippen LogP) is 3.35. The smallest absolute Gasteiger partial charge is 0.307 e. The van der Waals surface area contributed by atoms with Crippen LogP contribution in [0.25, 0.3) is 11.1 Å². The average Bonchev–Trinajstić information content (AvgIpc) is 2.54. The molecule has 0 spiro atoms. The van der Waals surface area contributed by atoms with E-state index >= 15 is 0 Å². The molecule has 0 aliphatic carbocycles. The Hall–Kier alpha value is -2.04. The van der Waals surface area contributed by atoms with Crippen LogP contribution in [0.2, 0.25) is 0 Å². The third-order valence-corrected chi connectivity index (χ3v) is 3.37. The number of methoxy groups -OCH3 is 2. The molecule has 118 valence electrons. The van der Waals surface area contributed by atoms with Crippen molar-refractivity contribution >= 4 is 18.4 Å². The lowest BCUT2D eigenvalue weighted by Gasteiger charge is -2.12. The fraction of sp³-hybridized carbons (Fsp3) is 0.235. The third kappa shape index (κ3) is 4.23. The van der Waals surface area contributed by atoms with Crippen molar-refractivity contribution in [3.05, 3.63) is 54.1 Å². The molecule has 0 radical (unpaired) electrons. The molecular weight excluding hydrogens is 302 g/mol. The summed E-state index contributed by atoms with van der Waals surface area (Å²) in [4.78, 5) is 11.2. The number of rotatable bonds is 5. The van der Waals surface area contributed by atoms with Crippen LogP contribution in [0.4, 0.5) is 0 Å². The standard InChI is InChI=1S/C17H19NO3.ClH/c1-20-16-6-4-3-5-14(16)12-7-9-13(10-8-12)15(18)11-17(19)21-2;/h3-10,15H,11,18H2,1-2H3;1H/t15-;/m1./s1. The highest BCUT2D eigenvalue weighted by Crippen LogP contribution is 2.30. The monoisotopic (exact) mass is 321 g/mol. The van der Waals surface area contributed by atoms with Crippen LogP contribution < -0.4 is 10.5 Å². The van der Waals surface area contributed by atoms with Crippen LogP contribution in [0.15, 0.2) is 48.5 Å². The summed E-state index contributed by atoms with van der Waals surface area (Å²) in [6.45, 7) is 0. The topological polar surface area (TPSA) is 61.5 Å². The number of para-hydroxylation sites is 1. The number of hydrogen-bond acceptors (Lipinski definition) is 4. The van der Waals surface area contributed by atoms with Gasteiger partial charge in [0.2, 0.25) is 0 Å². The second kappa shape index (κ2) is 8.41. The fourth-order valence-electron chi connectivity index (χ4n) is 2.17. The van der Waals surface area contributed by atoms with Gasteiger partial charge in [-0.3, -0.25) is 4.79 Å². The summed E-state index contributed by atoms with van der Waals surface area (Å²) in [5, 5.41) is 0. The van der Waals surface area contributed by atoms with Crippen LogP contribution >= 0.6 is 12.4 Å². The molecule has 2 rings (SSSR count). The van der Waals surface area contributed by atoms with Gasteiger partial charge in [0.1, 0.15) is 5.75 Å². The normalized spacial score (nSPS) is 11.2. The van der Waals surface area contributed by atoms with Gasteiger partial charge in [-0.15, -0.1) is 12.4 Å². The molecule has 0 heterocycles. The van der Waals surface area contributed by atoms with Crippen molar-refractivity contribution in [2.24, 2.45) is 5.73 Å². The van der Waals surface area contributed by atoms with E-state index in [0.29, 0.717) is 0 Å². The van der Waals surface area contributed by atoms with Crippen LogP contribution in [0, 0.1) is 0 Å². The average molecular weight is 322 g/mol. The summed E-state index contributed by atoms with van der Waals surface area (Å²) in [5.74, 6) is 0.514. The molecule has 0 bridgehead atoms. The number of benzene rings is 2. The Bertz CT molecular complexity index is 614. The van der Waals surface area contributed by atoms with Crippen LogP contribution in [0.5, 0.6) is 5.75 Å². The van der Waals surface area contributed by atoms with E-state index < -0.39 is 0 Å². The highest BCUT2D eigenvalue weighted by atomic mass is 35.5.